The van der Waals surface area contributed by atoms with E-state index in [1.165, 1.54) is 0 Å². The van der Waals surface area contributed by atoms with E-state index in [-0.39, 0.29) is 6.42 Å². The van der Waals surface area contributed by atoms with Gasteiger partial charge in [0.2, 0.25) is 0 Å². The van der Waals surface area contributed by atoms with Crippen LogP contribution in [-0.2, 0) is 4.79 Å². The van der Waals surface area contributed by atoms with Gasteiger partial charge in [0.25, 0.3) is 0 Å². The predicted octanol–water partition coefficient (Wildman–Crippen LogP) is 2.36. The molecule has 1 N–H and O–H groups in total. The zero-order valence-corrected chi connectivity index (χ0v) is 8.43. The Hall–Kier alpha value is -1.61. The van der Waals surface area contributed by atoms with E-state index in [4.69, 9.17) is 4.42 Å². The van der Waals surface area contributed by atoms with Gasteiger partial charge in [0.1, 0.15) is 17.6 Å². The summed E-state index contributed by atoms with van der Waals surface area (Å²) in [5.74, 6) is 0.672. The first-order chi connectivity index (χ1) is 7.24. The van der Waals surface area contributed by atoms with Crippen molar-refractivity contribution in [1.82, 2.24) is 0 Å². The van der Waals surface area contributed by atoms with Crippen LogP contribution in [0.4, 0.5) is 0 Å². The van der Waals surface area contributed by atoms with Crippen molar-refractivity contribution in [1.29, 1.82) is 0 Å². The number of aryl methyl sites for hydroxylation is 1. The van der Waals surface area contributed by atoms with Crippen molar-refractivity contribution in [3.63, 3.8) is 0 Å². The largest absolute Gasteiger partial charge is 0.461 e. The quantitative estimate of drug-likeness (QED) is 0.781. The molecule has 0 aliphatic rings. The number of benzene rings is 1. The summed E-state index contributed by atoms with van der Waals surface area (Å²) in [5, 5.41) is 10.7. The summed E-state index contributed by atoms with van der Waals surface area (Å²) in [5.41, 5.74) is 1.47. The Morgan fingerprint density at radius 2 is 2.20 bits per heavy atom. The molecule has 3 heteroatoms. The normalized spacial score (nSPS) is 12.9. The molecule has 2 rings (SSSR count). The Morgan fingerprint density at radius 1 is 1.47 bits per heavy atom. The Labute approximate surface area is 87.3 Å². The second-order valence-corrected chi connectivity index (χ2v) is 3.49. The van der Waals surface area contributed by atoms with Gasteiger partial charge in [-0.1, -0.05) is 18.2 Å². The molecule has 0 fully saturated rings. The molecule has 0 aliphatic carbocycles. The Balaban J connectivity index is 2.58. The second-order valence-electron chi connectivity index (χ2n) is 3.49. The lowest BCUT2D eigenvalue weighted by Gasteiger charge is -2.05. The summed E-state index contributed by atoms with van der Waals surface area (Å²) in [4.78, 5) is 10.4. The van der Waals surface area contributed by atoms with Crippen molar-refractivity contribution in [2.45, 2.75) is 19.4 Å². The third-order valence-electron chi connectivity index (χ3n) is 2.47. The monoisotopic (exact) mass is 204 g/mol. The molecule has 0 spiro atoms. The third kappa shape index (κ3) is 1.66. The minimum absolute atomic E-state index is 0.102. The Morgan fingerprint density at radius 3 is 2.93 bits per heavy atom. The molecule has 2 aromatic rings. The smallest absolute Gasteiger partial charge is 0.134 e. The molecule has 1 aromatic heterocycles. The Bertz CT molecular complexity index is 485. The fourth-order valence-electron chi connectivity index (χ4n) is 1.81. The number of carbonyl (C=O) groups is 1. The molecule has 1 atom stereocenters. The lowest BCUT2D eigenvalue weighted by atomic mass is 10.0. The first kappa shape index (κ1) is 9.93. The summed E-state index contributed by atoms with van der Waals surface area (Å²) in [6.45, 7) is 1.79. The van der Waals surface area contributed by atoms with Crippen molar-refractivity contribution in [3.8, 4) is 0 Å². The van der Waals surface area contributed by atoms with Crippen LogP contribution < -0.4 is 0 Å². The Kier molecular flexibility index (Phi) is 2.56. The molecule has 78 valence electrons. The van der Waals surface area contributed by atoms with Gasteiger partial charge in [0.05, 0.1) is 6.10 Å². The van der Waals surface area contributed by atoms with Crippen LogP contribution in [0.3, 0.4) is 0 Å². The SMILES string of the molecule is Cc1oc2ccccc2c1C(O)CC=O. The van der Waals surface area contributed by atoms with Crippen LogP contribution in [0.25, 0.3) is 11.0 Å². The van der Waals surface area contributed by atoms with Crippen molar-refractivity contribution in [2.24, 2.45) is 0 Å². The third-order valence-corrected chi connectivity index (χ3v) is 2.47. The maximum Gasteiger partial charge on any atom is 0.134 e. The number of aliphatic hydroxyl groups excluding tert-OH is 1. The van der Waals surface area contributed by atoms with Crippen LogP contribution in [0.1, 0.15) is 23.8 Å². The summed E-state index contributed by atoms with van der Waals surface area (Å²) < 4.78 is 5.49. The predicted molar refractivity (Wildman–Crippen MR) is 56.6 cm³/mol. The standard InChI is InChI=1S/C12H12O3/c1-8-12(10(14)6-7-13)9-4-2-3-5-11(9)15-8/h2-5,7,10,14H,6H2,1H3. The van der Waals surface area contributed by atoms with Gasteiger partial charge in [-0.25, -0.2) is 0 Å². The van der Waals surface area contributed by atoms with E-state index in [1.807, 2.05) is 24.3 Å². The molecule has 1 aromatic carbocycles. The maximum atomic E-state index is 10.4. The zero-order valence-electron chi connectivity index (χ0n) is 8.43. The van der Waals surface area contributed by atoms with Gasteiger partial charge in [-0.2, -0.15) is 0 Å². The lowest BCUT2D eigenvalue weighted by molar-refractivity contribution is -0.109. The summed E-state index contributed by atoms with van der Waals surface area (Å²) in [7, 11) is 0. The van der Waals surface area contributed by atoms with E-state index in [2.05, 4.69) is 0 Å². The highest BCUT2D eigenvalue weighted by molar-refractivity contribution is 5.82. The molecule has 1 unspecified atom stereocenters. The van der Waals surface area contributed by atoms with Gasteiger partial charge in [0.15, 0.2) is 0 Å². The summed E-state index contributed by atoms with van der Waals surface area (Å²) in [6.07, 6.45) is 0.0436. The minimum atomic E-state index is -0.772. The van der Waals surface area contributed by atoms with Crippen molar-refractivity contribution >= 4 is 17.3 Å². The molecule has 15 heavy (non-hydrogen) atoms. The van der Waals surface area contributed by atoms with Gasteiger partial charge in [-0.05, 0) is 13.0 Å². The minimum Gasteiger partial charge on any atom is -0.461 e. The maximum absolute atomic E-state index is 10.4. The number of furan rings is 1. The first-order valence-corrected chi connectivity index (χ1v) is 4.83. The van der Waals surface area contributed by atoms with E-state index >= 15 is 0 Å². The van der Waals surface area contributed by atoms with Crippen LogP contribution in [0, 0.1) is 6.92 Å². The van der Waals surface area contributed by atoms with Crippen LogP contribution >= 0.6 is 0 Å². The number of carbonyl (C=O) groups excluding carboxylic acids is 1. The molecular formula is C12H12O3. The number of rotatable bonds is 3. The molecule has 0 saturated heterocycles. The highest BCUT2D eigenvalue weighted by Crippen LogP contribution is 2.31. The summed E-state index contributed by atoms with van der Waals surface area (Å²) >= 11 is 0. The fourth-order valence-corrected chi connectivity index (χ4v) is 1.81. The number of para-hydroxylation sites is 1. The molecule has 0 radical (unpaired) electrons. The number of aldehydes is 1. The van der Waals surface area contributed by atoms with Crippen molar-refractivity contribution < 1.29 is 14.3 Å². The van der Waals surface area contributed by atoms with Crippen LogP contribution in [0.15, 0.2) is 28.7 Å². The molecule has 0 bridgehead atoms. The van der Waals surface area contributed by atoms with Crippen molar-refractivity contribution in [2.75, 3.05) is 0 Å². The van der Waals surface area contributed by atoms with Crippen LogP contribution in [0.5, 0.6) is 0 Å². The van der Waals surface area contributed by atoms with Crippen LogP contribution in [-0.4, -0.2) is 11.4 Å². The molecular weight excluding hydrogens is 192 g/mol. The highest BCUT2D eigenvalue weighted by atomic mass is 16.3. The topological polar surface area (TPSA) is 50.4 Å². The van der Waals surface area contributed by atoms with Crippen molar-refractivity contribution in [3.05, 3.63) is 35.6 Å². The zero-order chi connectivity index (χ0) is 10.8. The average molecular weight is 204 g/mol. The van der Waals surface area contributed by atoms with Crippen LogP contribution in [0.2, 0.25) is 0 Å². The van der Waals surface area contributed by atoms with E-state index in [1.54, 1.807) is 6.92 Å². The number of aliphatic hydroxyl groups is 1. The molecule has 0 saturated carbocycles. The number of fused-ring (bicyclic) bond motifs is 1. The van der Waals surface area contributed by atoms with E-state index in [9.17, 15) is 9.90 Å². The van der Waals surface area contributed by atoms with Gasteiger partial charge in [0, 0.05) is 17.4 Å². The van der Waals surface area contributed by atoms with Gasteiger partial charge >= 0.3 is 0 Å². The fraction of sp³-hybridized carbons (Fsp3) is 0.250. The van der Waals surface area contributed by atoms with Gasteiger partial charge in [-0.3, -0.25) is 0 Å². The second kappa shape index (κ2) is 3.87. The van der Waals surface area contributed by atoms with E-state index < -0.39 is 6.10 Å². The molecule has 0 amide bonds. The molecule has 0 aliphatic heterocycles. The number of hydrogen-bond donors (Lipinski definition) is 1. The number of hydrogen-bond acceptors (Lipinski definition) is 3. The highest BCUT2D eigenvalue weighted by Gasteiger charge is 2.17. The van der Waals surface area contributed by atoms with Gasteiger partial charge < -0.3 is 14.3 Å². The average Bonchev–Trinajstić information content (AvgIpc) is 2.54. The summed E-state index contributed by atoms with van der Waals surface area (Å²) in [6, 6.07) is 7.49. The molecule has 1 heterocycles. The first-order valence-electron chi connectivity index (χ1n) is 4.83. The van der Waals surface area contributed by atoms with Gasteiger partial charge in [-0.15, -0.1) is 0 Å². The van der Waals surface area contributed by atoms with E-state index in [0.717, 1.165) is 16.5 Å². The lowest BCUT2D eigenvalue weighted by Crippen LogP contribution is -1.98. The molecule has 3 nitrogen and oxygen atoms in total. The van der Waals surface area contributed by atoms with E-state index in [0.29, 0.717) is 12.0 Å².